The molecular formula is C23H25N5S2. The number of benzene rings is 2. The van der Waals surface area contributed by atoms with Gasteiger partial charge in [-0.25, -0.2) is 9.50 Å². The van der Waals surface area contributed by atoms with Crippen molar-refractivity contribution in [2.24, 2.45) is 0 Å². The lowest BCUT2D eigenvalue weighted by Crippen LogP contribution is -2.46. The van der Waals surface area contributed by atoms with E-state index in [-0.39, 0.29) is 0 Å². The fourth-order valence-corrected chi connectivity index (χ4v) is 5.76. The highest BCUT2D eigenvalue weighted by Crippen LogP contribution is 2.27. The summed E-state index contributed by atoms with van der Waals surface area (Å²) in [6, 6.07) is 21.1. The second-order valence-corrected chi connectivity index (χ2v) is 9.84. The van der Waals surface area contributed by atoms with Gasteiger partial charge < -0.3 is 0 Å². The molecule has 0 unspecified atom stereocenters. The van der Waals surface area contributed by atoms with Gasteiger partial charge in [-0.3, -0.25) is 9.80 Å². The molecule has 3 heterocycles. The Kier molecular flexibility index (Phi) is 6.13. The molecule has 1 aliphatic rings. The number of aromatic nitrogens is 3. The summed E-state index contributed by atoms with van der Waals surface area (Å²) in [4.78, 5) is 10.8. The lowest BCUT2D eigenvalue weighted by atomic mass is 10.2. The number of hydrogen-bond acceptors (Lipinski definition) is 6. The van der Waals surface area contributed by atoms with Gasteiger partial charge in [0, 0.05) is 50.6 Å². The summed E-state index contributed by atoms with van der Waals surface area (Å²) >= 11 is 3.52. The van der Waals surface area contributed by atoms with Crippen molar-refractivity contribution < 1.29 is 0 Å². The monoisotopic (exact) mass is 435 g/mol. The molecule has 0 amide bonds. The fraction of sp³-hybridized carbons (Fsp3) is 0.304. The smallest absolute Gasteiger partial charge is 0.213 e. The maximum Gasteiger partial charge on any atom is 0.213 e. The largest absolute Gasteiger partial charge is 0.300 e. The molecule has 2 aromatic heterocycles. The Morgan fingerprint density at radius 1 is 0.867 bits per heavy atom. The van der Waals surface area contributed by atoms with E-state index in [9.17, 15) is 0 Å². The summed E-state index contributed by atoms with van der Waals surface area (Å²) < 4.78 is 3.01. The maximum absolute atomic E-state index is 4.73. The first-order chi connectivity index (χ1) is 14.8. The molecule has 0 radical (unpaired) electrons. The van der Waals surface area contributed by atoms with Gasteiger partial charge in [0.05, 0.1) is 11.9 Å². The Bertz CT molecular complexity index is 1040. The average Bonchev–Trinajstić information content (AvgIpc) is 3.35. The summed E-state index contributed by atoms with van der Waals surface area (Å²) in [7, 11) is 0. The van der Waals surface area contributed by atoms with Crippen LogP contribution in [0, 0.1) is 0 Å². The molecule has 0 spiro atoms. The number of hydrogen-bond donors (Lipinski definition) is 0. The van der Waals surface area contributed by atoms with Crippen molar-refractivity contribution in [3.63, 3.8) is 0 Å². The molecule has 5 nitrogen and oxygen atoms in total. The zero-order chi connectivity index (χ0) is 20.2. The number of fused-ring (bicyclic) bond motifs is 1. The van der Waals surface area contributed by atoms with Crippen molar-refractivity contribution in [3.8, 4) is 11.3 Å². The van der Waals surface area contributed by atoms with Gasteiger partial charge in [0.1, 0.15) is 0 Å². The Hall–Kier alpha value is -2.19. The topological polar surface area (TPSA) is 36.7 Å². The minimum Gasteiger partial charge on any atom is -0.300 e. The second kappa shape index (κ2) is 9.31. The summed E-state index contributed by atoms with van der Waals surface area (Å²) in [6.45, 7) is 6.76. The summed E-state index contributed by atoms with van der Waals surface area (Å²) in [5.41, 5.74) is 3.53. The van der Waals surface area contributed by atoms with Crippen LogP contribution in [0.5, 0.6) is 0 Å². The van der Waals surface area contributed by atoms with Crippen LogP contribution in [0.15, 0.2) is 71.2 Å². The minimum atomic E-state index is 0.964. The van der Waals surface area contributed by atoms with Crippen molar-refractivity contribution in [1.82, 2.24) is 24.4 Å². The SMILES string of the molecule is c1ccc(CN2CCN(CCSc3nn4cc(-c5ccccc5)nc4s3)CC2)cc1. The van der Waals surface area contributed by atoms with E-state index in [0.29, 0.717) is 0 Å². The van der Waals surface area contributed by atoms with Gasteiger partial charge in [0.2, 0.25) is 4.96 Å². The van der Waals surface area contributed by atoms with Crippen LogP contribution in [0.1, 0.15) is 5.56 Å². The zero-order valence-electron chi connectivity index (χ0n) is 16.9. The molecule has 1 aliphatic heterocycles. The quantitative estimate of drug-likeness (QED) is 0.403. The lowest BCUT2D eigenvalue weighted by molar-refractivity contribution is 0.133. The van der Waals surface area contributed by atoms with Gasteiger partial charge in [0.25, 0.3) is 0 Å². The van der Waals surface area contributed by atoms with E-state index in [1.165, 1.54) is 5.56 Å². The van der Waals surface area contributed by atoms with Crippen LogP contribution in [0.3, 0.4) is 0 Å². The molecule has 0 saturated carbocycles. The first-order valence-electron chi connectivity index (χ1n) is 10.4. The van der Waals surface area contributed by atoms with E-state index in [1.807, 2.05) is 40.7 Å². The van der Waals surface area contributed by atoms with Crippen LogP contribution in [0.2, 0.25) is 0 Å². The normalized spacial score (nSPS) is 15.7. The van der Waals surface area contributed by atoms with E-state index in [0.717, 1.165) is 65.6 Å². The van der Waals surface area contributed by atoms with Gasteiger partial charge in [-0.1, -0.05) is 83.8 Å². The van der Waals surface area contributed by atoms with Crippen molar-refractivity contribution in [1.29, 1.82) is 0 Å². The predicted octanol–water partition coefficient (Wildman–Crippen LogP) is 4.37. The Balaban J connectivity index is 1.08. The summed E-state index contributed by atoms with van der Waals surface area (Å²) in [6.07, 6.45) is 2.02. The first kappa shape index (κ1) is 19.8. The number of piperazine rings is 1. The molecule has 0 N–H and O–H groups in total. The van der Waals surface area contributed by atoms with Crippen molar-refractivity contribution in [2.45, 2.75) is 10.9 Å². The third kappa shape index (κ3) is 4.75. The zero-order valence-corrected chi connectivity index (χ0v) is 18.5. The van der Waals surface area contributed by atoms with E-state index in [2.05, 4.69) is 52.3 Å². The lowest BCUT2D eigenvalue weighted by Gasteiger charge is -2.34. The highest BCUT2D eigenvalue weighted by atomic mass is 32.2. The van der Waals surface area contributed by atoms with Gasteiger partial charge in [-0.2, -0.15) is 0 Å². The van der Waals surface area contributed by atoms with E-state index < -0.39 is 0 Å². The Morgan fingerprint density at radius 2 is 1.57 bits per heavy atom. The predicted molar refractivity (Wildman–Crippen MR) is 125 cm³/mol. The molecule has 5 rings (SSSR count). The van der Waals surface area contributed by atoms with E-state index >= 15 is 0 Å². The van der Waals surface area contributed by atoms with Crippen molar-refractivity contribution in [2.75, 3.05) is 38.5 Å². The van der Waals surface area contributed by atoms with Crippen LogP contribution in [0.4, 0.5) is 0 Å². The highest BCUT2D eigenvalue weighted by molar-refractivity contribution is 8.01. The van der Waals surface area contributed by atoms with Crippen LogP contribution in [-0.4, -0.2) is 62.9 Å². The molecule has 30 heavy (non-hydrogen) atoms. The van der Waals surface area contributed by atoms with Crippen LogP contribution < -0.4 is 0 Å². The van der Waals surface area contributed by atoms with Crippen LogP contribution in [0.25, 0.3) is 16.2 Å². The fourth-order valence-electron chi connectivity index (χ4n) is 3.76. The van der Waals surface area contributed by atoms with Crippen LogP contribution in [-0.2, 0) is 6.54 Å². The standard InChI is InChI=1S/C23H25N5S2/c1-3-7-19(8-4-1)17-27-13-11-26(12-14-27)15-16-29-23-25-28-18-21(24-22(28)30-23)20-9-5-2-6-10-20/h1-10,18H,11-17H2. The number of nitrogens with zero attached hydrogens (tertiary/aromatic N) is 5. The molecule has 2 aromatic carbocycles. The number of thioether (sulfide) groups is 1. The molecular weight excluding hydrogens is 410 g/mol. The van der Waals surface area contributed by atoms with Gasteiger partial charge >= 0.3 is 0 Å². The summed E-state index contributed by atoms with van der Waals surface area (Å²) in [5.74, 6) is 1.07. The molecule has 154 valence electrons. The second-order valence-electron chi connectivity index (χ2n) is 7.54. The first-order valence-corrected chi connectivity index (χ1v) is 12.2. The number of imidazole rings is 1. The molecule has 7 heteroatoms. The third-order valence-corrected chi connectivity index (χ3v) is 7.48. The molecule has 0 aliphatic carbocycles. The van der Waals surface area contributed by atoms with E-state index in [4.69, 9.17) is 10.1 Å². The van der Waals surface area contributed by atoms with Gasteiger partial charge in [-0.05, 0) is 5.56 Å². The minimum absolute atomic E-state index is 0.964. The average molecular weight is 436 g/mol. The van der Waals surface area contributed by atoms with Crippen LogP contribution >= 0.6 is 23.1 Å². The molecule has 4 aromatic rings. The van der Waals surface area contributed by atoms with Crippen molar-refractivity contribution in [3.05, 3.63) is 72.4 Å². The van der Waals surface area contributed by atoms with E-state index in [1.54, 1.807) is 11.3 Å². The summed E-state index contributed by atoms with van der Waals surface area (Å²) in [5, 5.41) is 4.71. The highest BCUT2D eigenvalue weighted by Gasteiger charge is 2.17. The maximum atomic E-state index is 4.73. The Morgan fingerprint density at radius 3 is 2.30 bits per heavy atom. The molecule has 1 fully saturated rings. The molecule has 0 bridgehead atoms. The van der Waals surface area contributed by atoms with Gasteiger partial charge in [-0.15, -0.1) is 5.10 Å². The molecule has 1 saturated heterocycles. The van der Waals surface area contributed by atoms with Crippen molar-refractivity contribution >= 4 is 28.1 Å². The molecule has 0 atom stereocenters. The third-order valence-electron chi connectivity index (χ3n) is 5.44. The Labute approximate surface area is 185 Å². The van der Waals surface area contributed by atoms with Gasteiger partial charge in [0.15, 0.2) is 4.34 Å². The number of rotatable bonds is 7.